The van der Waals surface area contributed by atoms with Crippen LogP contribution in [0.3, 0.4) is 0 Å². The first-order chi connectivity index (χ1) is 9.72. The highest BCUT2D eigenvalue weighted by Gasteiger charge is 2.26. The molecule has 0 radical (unpaired) electrons. The van der Waals surface area contributed by atoms with Gasteiger partial charge in [-0.15, -0.1) is 22.7 Å². The second kappa shape index (κ2) is 5.85. The topological polar surface area (TPSA) is 59.1 Å². The van der Waals surface area contributed by atoms with Gasteiger partial charge < -0.3 is 5.32 Å². The van der Waals surface area contributed by atoms with Crippen molar-refractivity contribution in [2.45, 2.75) is 31.6 Å². The number of hydrogen-bond donors (Lipinski definition) is 1. The highest BCUT2D eigenvalue weighted by Crippen LogP contribution is 2.40. The van der Waals surface area contributed by atoms with E-state index in [0.717, 1.165) is 5.69 Å². The Morgan fingerprint density at radius 3 is 2.85 bits per heavy atom. The molecule has 1 aliphatic rings. The second-order valence-electron chi connectivity index (χ2n) is 4.80. The van der Waals surface area contributed by atoms with Gasteiger partial charge in [-0.2, -0.15) is 0 Å². The third-order valence-corrected chi connectivity index (χ3v) is 4.83. The Morgan fingerprint density at radius 1 is 1.30 bits per heavy atom. The van der Waals surface area contributed by atoms with Gasteiger partial charge in [-0.25, -0.2) is 4.98 Å². The maximum Gasteiger partial charge on any atom is 0.226 e. The molecule has 0 saturated heterocycles. The average Bonchev–Trinajstić information content (AvgIpc) is 2.96. The number of hydrogen-bond acceptors (Lipinski definition) is 5. The van der Waals surface area contributed by atoms with E-state index >= 15 is 0 Å². The summed E-state index contributed by atoms with van der Waals surface area (Å²) in [6.45, 7) is 0. The third-order valence-electron chi connectivity index (χ3n) is 3.14. The van der Waals surface area contributed by atoms with E-state index in [2.05, 4.69) is 10.3 Å². The third kappa shape index (κ3) is 3.32. The summed E-state index contributed by atoms with van der Waals surface area (Å²) in [5, 5.41) is 7.27. The second-order valence-corrected chi connectivity index (χ2v) is 6.61. The van der Waals surface area contributed by atoms with Crippen LogP contribution in [0.4, 0.5) is 5.13 Å². The van der Waals surface area contributed by atoms with Crippen LogP contribution in [-0.4, -0.2) is 16.7 Å². The first kappa shape index (κ1) is 13.5. The van der Waals surface area contributed by atoms with Crippen LogP contribution in [0.1, 0.15) is 47.0 Å². The minimum atomic E-state index is -0.147. The summed E-state index contributed by atoms with van der Waals surface area (Å²) in [5.41, 5.74) is 1.08. The average molecular weight is 306 g/mol. The van der Waals surface area contributed by atoms with Crippen molar-refractivity contribution in [1.82, 2.24) is 4.98 Å². The Hall–Kier alpha value is -1.53. The summed E-state index contributed by atoms with van der Waals surface area (Å²) in [4.78, 5) is 28.7. The molecule has 2 aromatic heterocycles. The van der Waals surface area contributed by atoms with Gasteiger partial charge >= 0.3 is 0 Å². The maximum atomic E-state index is 11.8. The van der Waals surface area contributed by atoms with Crippen LogP contribution in [0.2, 0.25) is 0 Å². The fraction of sp³-hybridized carbons (Fsp3) is 0.357. The van der Waals surface area contributed by atoms with Crippen molar-refractivity contribution in [2.75, 3.05) is 5.32 Å². The number of aromatic nitrogens is 1. The molecule has 3 rings (SSSR count). The lowest BCUT2D eigenvalue weighted by Crippen LogP contribution is -2.13. The van der Waals surface area contributed by atoms with Crippen molar-refractivity contribution in [3.05, 3.63) is 33.5 Å². The standard InChI is InChI=1S/C14H14N2O2S2/c17-11(12-2-1-7-19-12)5-6-13(18)16-14-15-10(8-20-14)9-3-4-9/h1-2,7-9H,3-6H2,(H,15,16,18). The minimum Gasteiger partial charge on any atom is -0.302 e. The largest absolute Gasteiger partial charge is 0.302 e. The van der Waals surface area contributed by atoms with Crippen molar-refractivity contribution in [2.24, 2.45) is 0 Å². The Balaban J connectivity index is 1.48. The SMILES string of the molecule is O=C(CCC(=O)c1cccs1)Nc1nc(C2CC2)cs1. The van der Waals surface area contributed by atoms with Gasteiger partial charge in [0.05, 0.1) is 10.6 Å². The summed E-state index contributed by atoms with van der Waals surface area (Å²) >= 11 is 2.86. The normalized spacial score (nSPS) is 14.2. The van der Waals surface area contributed by atoms with Crippen molar-refractivity contribution >= 4 is 39.5 Å². The van der Waals surface area contributed by atoms with E-state index in [4.69, 9.17) is 0 Å². The Bertz CT molecular complexity index is 615. The monoisotopic (exact) mass is 306 g/mol. The predicted molar refractivity (Wildman–Crippen MR) is 80.6 cm³/mol. The Morgan fingerprint density at radius 2 is 2.15 bits per heavy atom. The molecule has 1 N–H and O–H groups in total. The smallest absolute Gasteiger partial charge is 0.226 e. The first-order valence-electron chi connectivity index (χ1n) is 6.54. The molecule has 2 aromatic rings. The van der Waals surface area contributed by atoms with Gasteiger partial charge in [0.2, 0.25) is 5.91 Å². The van der Waals surface area contributed by atoms with E-state index in [1.807, 2.05) is 16.8 Å². The van der Waals surface area contributed by atoms with Gasteiger partial charge in [0.1, 0.15) is 0 Å². The fourth-order valence-electron chi connectivity index (χ4n) is 1.88. The number of rotatable bonds is 6. The molecule has 1 saturated carbocycles. The zero-order valence-corrected chi connectivity index (χ0v) is 12.4. The van der Waals surface area contributed by atoms with Crippen LogP contribution in [0.5, 0.6) is 0 Å². The molecule has 20 heavy (non-hydrogen) atoms. The summed E-state index contributed by atoms with van der Waals surface area (Å²) in [5.74, 6) is 0.469. The molecular formula is C14H14N2O2S2. The number of ketones is 1. The van der Waals surface area contributed by atoms with Crippen LogP contribution >= 0.6 is 22.7 Å². The molecule has 4 nitrogen and oxygen atoms in total. The molecule has 2 heterocycles. The highest BCUT2D eigenvalue weighted by atomic mass is 32.1. The van der Waals surface area contributed by atoms with E-state index in [1.165, 1.54) is 35.5 Å². The van der Waals surface area contributed by atoms with Crippen LogP contribution < -0.4 is 5.32 Å². The van der Waals surface area contributed by atoms with E-state index in [-0.39, 0.29) is 24.5 Å². The lowest BCUT2D eigenvalue weighted by Gasteiger charge is -2.00. The van der Waals surface area contributed by atoms with Crippen LogP contribution in [-0.2, 0) is 4.79 Å². The van der Waals surface area contributed by atoms with E-state index in [1.54, 1.807) is 6.07 Å². The fourth-order valence-corrected chi connectivity index (χ4v) is 3.38. The predicted octanol–water partition coefficient (Wildman–Crippen LogP) is 3.68. The van der Waals surface area contributed by atoms with Crippen molar-refractivity contribution in [1.29, 1.82) is 0 Å². The van der Waals surface area contributed by atoms with Gasteiger partial charge in [-0.3, -0.25) is 9.59 Å². The molecule has 1 aliphatic carbocycles. The van der Waals surface area contributed by atoms with Crippen LogP contribution in [0.15, 0.2) is 22.9 Å². The van der Waals surface area contributed by atoms with Gasteiger partial charge in [0.25, 0.3) is 0 Å². The molecule has 0 spiro atoms. The molecular weight excluding hydrogens is 292 g/mol. The molecule has 1 amide bonds. The molecule has 0 bridgehead atoms. The van der Waals surface area contributed by atoms with E-state index in [9.17, 15) is 9.59 Å². The van der Waals surface area contributed by atoms with Gasteiger partial charge in [0, 0.05) is 24.1 Å². The lowest BCUT2D eigenvalue weighted by molar-refractivity contribution is -0.116. The van der Waals surface area contributed by atoms with Crippen molar-refractivity contribution in [3.8, 4) is 0 Å². The molecule has 6 heteroatoms. The van der Waals surface area contributed by atoms with Crippen LogP contribution in [0, 0.1) is 0 Å². The minimum absolute atomic E-state index is 0.0213. The zero-order chi connectivity index (χ0) is 13.9. The molecule has 0 aliphatic heterocycles. The zero-order valence-electron chi connectivity index (χ0n) is 10.8. The lowest BCUT2D eigenvalue weighted by atomic mass is 10.2. The molecule has 1 fully saturated rings. The number of amides is 1. The molecule has 0 unspecified atom stereocenters. The quantitative estimate of drug-likeness (QED) is 0.828. The summed E-state index contributed by atoms with van der Waals surface area (Å²) < 4.78 is 0. The molecule has 0 atom stereocenters. The van der Waals surface area contributed by atoms with Crippen molar-refractivity contribution < 1.29 is 9.59 Å². The number of Topliss-reactive ketones (excluding diaryl/α,β-unsaturated/α-hetero) is 1. The maximum absolute atomic E-state index is 11.8. The molecule has 0 aromatic carbocycles. The number of nitrogens with zero attached hydrogens (tertiary/aromatic N) is 1. The van der Waals surface area contributed by atoms with Gasteiger partial charge in [-0.1, -0.05) is 6.07 Å². The molecule has 104 valence electrons. The number of carbonyl (C=O) groups is 2. The number of thiophene rings is 1. The van der Waals surface area contributed by atoms with E-state index in [0.29, 0.717) is 15.9 Å². The highest BCUT2D eigenvalue weighted by molar-refractivity contribution is 7.14. The van der Waals surface area contributed by atoms with Crippen LogP contribution in [0.25, 0.3) is 0 Å². The first-order valence-corrected chi connectivity index (χ1v) is 8.30. The summed E-state index contributed by atoms with van der Waals surface area (Å²) in [6.07, 6.45) is 2.85. The van der Waals surface area contributed by atoms with Gasteiger partial charge in [-0.05, 0) is 24.3 Å². The Labute approximate surface area is 124 Å². The summed E-state index contributed by atoms with van der Waals surface area (Å²) in [6, 6.07) is 3.63. The van der Waals surface area contributed by atoms with E-state index < -0.39 is 0 Å². The number of thiazole rings is 1. The van der Waals surface area contributed by atoms with Crippen molar-refractivity contribution in [3.63, 3.8) is 0 Å². The van der Waals surface area contributed by atoms with Gasteiger partial charge in [0.15, 0.2) is 10.9 Å². The summed E-state index contributed by atoms with van der Waals surface area (Å²) in [7, 11) is 0. The number of anilines is 1. The Kier molecular flexibility index (Phi) is 3.93. The number of carbonyl (C=O) groups excluding carboxylic acids is 2. The number of nitrogens with one attached hydrogen (secondary N) is 1.